The maximum absolute atomic E-state index is 11.6. The number of H-pyrrole nitrogens is 1. The summed E-state index contributed by atoms with van der Waals surface area (Å²) in [6, 6.07) is -0.505. The molecule has 0 bridgehead atoms. The lowest BCUT2D eigenvalue weighted by molar-refractivity contribution is -0.122. The number of hydrogen-bond donors (Lipinski definition) is 3. The van der Waals surface area contributed by atoms with Crippen molar-refractivity contribution < 1.29 is 4.79 Å². The van der Waals surface area contributed by atoms with Gasteiger partial charge in [0.1, 0.15) is 0 Å². The first kappa shape index (κ1) is 16.3. The number of nitrogens with two attached hydrogens (primary N) is 1. The van der Waals surface area contributed by atoms with Gasteiger partial charge in [-0.1, -0.05) is 0 Å². The van der Waals surface area contributed by atoms with Gasteiger partial charge in [0, 0.05) is 24.9 Å². The molecule has 0 saturated heterocycles. The maximum atomic E-state index is 11.6. The lowest BCUT2D eigenvalue weighted by Gasteiger charge is -2.10. The van der Waals surface area contributed by atoms with Crippen molar-refractivity contribution in [2.45, 2.75) is 18.9 Å². The number of carbonyl (C=O) groups excluding carboxylic acids is 1. The molecule has 1 aromatic heterocycles. The molecule has 4 N–H and O–H groups in total. The van der Waals surface area contributed by atoms with Crippen LogP contribution in [0.25, 0.3) is 0 Å². The zero-order valence-electron chi connectivity index (χ0n) is 9.81. The number of aromatic amines is 1. The topological polar surface area (TPSA) is 83.8 Å². The molecule has 0 unspecified atom stereocenters. The van der Waals surface area contributed by atoms with Crippen LogP contribution in [0.2, 0.25) is 0 Å². The second-order valence-electron chi connectivity index (χ2n) is 3.52. The SMILES string of the molecule is CSCCCNC(=O)[C@@H](N)Cc1cnc[nH]1.Cl. The van der Waals surface area contributed by atoms with E-state index >= 15 is 0 Å². The van der Waals surface area contributed by atoms with Gasteiger partial charge >= 0.3 is 0 Å². The van der Waals surface area contributed by atoms with Crippen LogP contribution >= 0.6 is 24.2 Å². The summed E-state index contributed by atoms with van der Waals surface area (Å²) in [7, 11) is 0. The number of amides is 1. The fourth-order valence-corrected chi connectivity index (χ4v) is 1.72. The fraction of sp³-hybridized carbons (Fsp3) is 0.600. The zero-order valence-corrected chi connectivity index (χ0v) is 11.4. The molecule has 0 aliphatic carbocycles. The molecule has 0 saturated carbocycles. The van der Waals surface area contributed by atoms with Gasteiger partial charge in [0.15, 0.2) is 0 Å². The molecular formula is C10H19ClN4OS. The molecule has 0 aromatic carbocycles. The average Bonchev–Trinajstić information content (AvgIpc) is 2.76. The van der Waals surface area contributed by atoms with Crippen LogP contribution in [0.3, 0.4) is 0 Å². The number of hydrogen-bond acceptors (Lipinski definition) is 4. The van der Waals surface area contributed by atoms with Gasteiger partial charge in [-0.05, 0) is 18.4 Å². The number of nitrogens with one attached hydrogen (secondary N) is 2. The summed E-state index contributed by atoms with van der Waals surface area (Å²) in [5.41, 5.74) is 6.64. The quantitative estimate of drug-likeness (QED) is 0.637. The van der Waals surface area contributed by atoms with Gasteiger partial charge in [0.2, 0.25) is 5.91 Å². The molecule has 1 rings (SSSR count). The minimum Gasteiger partial charge on any atom is -0.355 e. The Morgan fingerprint density at radius 2 is 2.47 bits per heavy atom. The average molecular weight is 279 g/mol. The van der Waals surface area contributed by atoms with Gasteiger partial charge in [-0.3, -0.25) is 4.79 Å². The minimum absolute atomic E-state index is 0. The van der Waals surface area contributed by atoms with E-state index in [9.17, 15) is 4.79 Å². The lowest BCUT2D eigenvalue weighted by Crippen LogP contribution is -2.42. The summed E-state index contributed by atoms with van der Waals surface area (Å²) < 4.78 is 0. The Morgan fingerprint density at radius 3 is 3.06 bits per heavy atom. The Hall–Kier alpha value is -0.720. The highest BCUT2D eigenvalue weighted by molar-refractivity contribution is 7.98. The van der Waals surface area contributed by atoms with Gasteiger partial charge in [0.05, 0.1) is 12.4 Å². The third-order valence-corrected chi connectivity index (χ3v) is 2.85. The molecule has 98 valence electrons. The van der Waals surface area contributed by atoms with E-state index in [1.165, 1.54) is 0 Å². The smallest absolute Gasteiger partial charge is 0.237 e. The molecule has 1 atom stereocenters. The highest BCUT2D eigenvalue weighted by atomic mass is 35.5. The third-order valence-electron chi connectivity index (χ3n) is 2.16. The molecule has 5 nitrogen and oxygen atoms in total. The Bertz CT molecular complexity index is 307. The highest BCUT2D eigenvalue weighted by Crippen LogP contribution is 1.97. The van der Waals surface area contributed by atoms with Crippen molar-refractivity contribution in [3.63, 3.8) is 0 Å². The highest BCUT2D eigenvalue weighted by Gasteiger charge is 2.13. The number of aromatic nitrogens is 2. The first-order valence-electron chi connectivity index (χ1n) is 5.23. The Kier molecular flexibility index (Phi) is 8.93. The van der Waals surface area contributed by atoms with E-state index in [1.54, 1.807) is 24.3 Å². The molecule has 0 fully saturated rings. The molecular weight excluding hydrogens is 260 g/mol. The number of halogens is 1. The van der Waals surface area contributed by atoms with Crippen LogP contribution in [0.1, 0.15) is 12.1 Å². The predicted octanol–water partition coefficient (Wildman–Crippen LogP) is 0.571. The molecule has 0 radical (unpaired) electrons. The van der Waals surface area contributed by atoms with E-state index in [0.29, 0.717) is 13.0 Å². The number of thioether (sulfide) groups is 1. The predicted molar refractivity (Wildman–Crippen MR) is 73.5 cm³/mol. The maximum Gasteiger partial charge on any atom is 0.237 e. The molecule has 1 aromatic rings. The Balaban J connectivity index is 0.00000256. The van der Waals surface area contributed by atoms with Crippen LogP contribution in [0.5, 0.6) is 0 Å². The normalized spacial score (nSPS) is 11.6. The van der Waals surface area contributed by atoms with Gasteiger partial charge < -0.3 is 16.0 Å². The van der Waals surface area contributed by atoms with Crippen molar-refractivity contribution in [3.8, 4) is 0 Å². The summed E-state index contributed by atoms with van der Waals surface area (Å²) in [4.78, 5) is 18.4. The number of nitrogens with zero attached hydrogens (tertiary/aromatic N) is 1. The Labute approximate surface area is 112 Å². The van der Waals surface area contributed by atoms with Crippen LogP contribution in [-0.4, -0.2) is 40.5 Å². The third kappa shape index (κ3) is 6.55. The van der Waals surface area contributed by atoms with Crippen LogP contribution in [-0.2, 0) is 11.2 Å². The molecule has 7 heteroatoms. The summed E-state index contributed by atoms with van der Waals surface area (Å²) in [6.07, 6.45) is 6.78. The standard InChI is InChI=1S/C10H18N4OS.ClH/c1-16-4-2-3-13-10(15)9(11)5-8-6-12-7-14-8;/h6-7,9H,2-5,11H2,1H3,(H,12,14)(H,13,15);1H/t9-;/m0./s1. The second-order valence-corrected chi connectivity index (χ2v) is 4.51. The van der Waals surface area contributed by atoms with E-state index in [4.69, 9.17) is 5.73 Å². The van der Waals surface area contributed by atoms with Crippen LogP contribution in [0.15, 0.2) is 12.5 Å². The van der Waals surface area contributed by atoms with Crippen LogP contribution in [0, 0.1) is 0 Å². The summed E-state index contributed by atoms with van der Waals surface area (Å²) in [5.74, 6) is 0.950. The Morgan fingerprint density at radius 1 is 1.71 bits per heavy atom. The number of rotatable bonds is 7. The van der Waals surface area contributed by atoms with E-state index in [-0.39, 0.29) is 18.3 Å². The van der Waals surface area contributed by atoms with Crippen molar-refractivity contribution in [2.24, 2.45) is 5.73 Å². The van der Waals surface area contributed by atoms with Crippen molar-refractivity contribution in [1.29, 1.82) is 0 Å². The summed E-state index contributed by atoms with van der Waals surface area (Å²) in [6.45, 7) is 0.691. The largest absolute Gasteiger partial charge is 0.355 e. The summed E-state index contributed by atoms with van der Waals surface area (Å²) in [5, 5.41) is 2.82. The van der Waals surface area contributed by atoms with Crippen molar-refractivity contribution in [1.82, 2.24) is 15.3 Å². The van der Waals surface area contributed by atoms with Crippen LogP contribution < -0.4 is 11.1 Å². The zero-order chi connectivity index (χ0) is 11.8. The molecule has 0 aliphatic rings. The van der Waals surface area contributed by atoms with Crippen molar-refractivity contribution >= 4 is 30.1 Å². The summed E-state index contributed by atoms with van der Waals surface area (Å²) >= 11 is 1.77. The molecule has 1 amide bonds. The lowest BCUT2D eigenvalue weighted by atomic mass is 10.1. The van der Waals surface area contributed by atoms with E-state index in [0.717, 1.165) is 17.9 Å². The van der Waals surface area contributed by atoms with Gasteiger partial charge in [0.25, 0.3) is 0 Å². The van der Waals surface area contributed by atoms with E-state index in [1.807, 2.05) is 6.26 Å². The molecule has 1 heterocycles. The van der Waals surface area contributed by atoms with Gasteiger partial charge in [-0.2, -0.15) is 11.8 Å². The monoisotopic (exact) mass is 278 g/mol. The van der Waals surface area contributed by atoms with E-state index in [2.05, 4.69) is 15.3 Å². The second kappa shape index (κ2) is 9.32. The first-order valence-corrected chi connectivity index (χ1v) is 6.63. The van der Waals surface area contributed by atoms with Crippen LogP contribution in [0.4, 0.5) is 0 Å². The molecule has 0 spiro atoms. The molecule has 17 heavy (non-hydrogen) atoms. The minimum atomic E-state index is -0.505. The number of carbonyl (C=O) groups is 1. The fourth-order valence-electron chi connectivity index (χ4n) is 1.29. The molecule has 0 aliphatic heterocycles. The van der Waals surface area contributed by atoms with Gasteiger partial charge in [-0.15, -0.1) is 12.4 Å². The number of imidazole rings is 1. The van der Waals surface area contributed by atoms with Gasteiger partial charge in [-0.25, -0.2) is 4.98 Å². The van der Waals surface area contributed by atoms with Crippen molar-refractivity contribution in [2.75, 3.05) is 18.6 Å². The first-order chi connectivity index (χ1) is 7.74. The van der Waals surface area contributed by atoms with E-state index < -0.39 is 6.04 Å². The van der Waals surface area contributed by atoms with Crippen molar-refractivity contribution in [3.05, 3.63) is 18.2 Å².